The lowest BCUT2D eigenvalue weighted by Crippen LogP contribution is -2.22. The molecule has 1 atom stereocenters. The van der Waals surface area contributed by atoms with E-state index in [0.29, 0.717) is 10.7 Å². The van der Waals surface area contributed by atoms with Gasteiger partial charge in [0, 0.05) is 10.9 Å². The summed E-state index contributed by atoms with van der Waals surface area (Å²) in [6.07, 6.45) is 1.55. The number of halogens is 1. The normalized spacial score (nSPS) is 12.1. The van der Waals surface area contributed by atoms with E-state index in [9.17, 15) is 4.79 Å². The molecular formula is C21H16ClN3OS2. The molecule has 1 unspecified atom stereocenters. The zero-order valence-corrected chi connectivity index (χ0v) is 17.3. The second-order valence-corrected chi connectivity index (χ2v) is 8.70. The molecule has 4 rings (SSSR count). The largest absolute Gasteiger partial charge is 0.324 e. The zero-order chi connectivity index (χ0) is 19.5. The van der Waals surface area contributed by atoms with Crippen LogP contribution in [0.1, 0.15) is 6.92 Å². The van der Waals surface area contributed by atoms with E-state index in [1.165, 1.54) is 11.8 Å². The fourth-order valence-corrected chi connectivity index (χ4v) is 4.88. The predicted molar refractivity (Wildman–Crippen MR) is 118 cm³/mol. The molecule has 0 saturated carbocycles. The molecule has 1 amide bonds. The molecule has 0 spiro atoms. The van der Waals surface area contributed by atoms with Crippen molar-refractivity contribution in [2.45, 2.75) is 17.2 Å². The Morgan fingerprint density at radius 2 is 1.86 bits per heavy atom. The number of para-hydroxylation sites is 1. The third-order valence-corrected chi connectivity index (χ3v) is 6.53. The first-order valence-corrected chi connectivity index (χ1v) is 10.8. The summed E-state index contributed by atoms with van der Waals surface area (Å²) < 4.78 is 0. The minimum absolute atomic E-state index is 0.124. The van der Waals surface area contributed by atoms with E-state index in [1.54, 1.807) is 29.8 Å². The first-order valence-electron chi connectivity index (χ1n) is 8.63. The van der Waals surface area contributed by atoms with E-state index < -0.39 is 0 Å². The van der Waals surface area contributed by atoms with Gasteiger partial charge in [0.1, 0.15) is 16.2 Å². The summed E-state index contributed by atoms with van der Waals surface area (Å²) in [5, 5.41) is 6.93. The lowest BCUT2D eigenvalue weighted by Gasteiger charge is -2.13. The monoisotopic (exact) mass is 425 g/mol. The molecule has 140 valence electrons. The average Bonchev–Trinajstić information content (AvgIpc) is 3.15. The fraction of sp³-hybridized carbons (Fsp3) is 0.0952. The van der Waals surface area contributed by atoms with Crippen LogP contribution in [-0.4, -0.2) is 21.1 Å². The Balaban J connectivity index is 1.62. The number of carbonyl (C=O) groups excluding carboxylic acids is 1. The van der Waals surface area contributed by atoms with E-state index in [-0.39, 0.29) is 11.2 Å². The summed E-state index contributed by atoms with van der Waals surface area (Å²) in [5.74, 6) is -0.124. The molecule has 28 heavy (non-hydrogen) atoms. The summed E-state index contributed by atoms with van der Waals surface area (Å²) in [6.45, 7) is 1.86. The number of fused-ring (bicyclic) bond motifs is 1. The van der Waals surface area contributed by atoms with Crippen LogP contribution in [-0.2, 0) is 4.79 Å². The topological polar surface area (TPSA) is 54.9 Å². The van der Waals surface area contributed by atoms with Gasteiger partial charge < -0.3 is 5.32 Å². The number of nitrogens with zero attached hydrogens (tertiary/aromatic N) is 2. The maximum Gasteiger partial charge on any atom is 0.237 e. The summed E-state index contributed by atoms with van der Waals surface area (Å²) in [7, 11) is 0. The molecule has 0 aliphatic carbocycles. The Morgan fingerprint density at radius 3 is 2.64 bits per heavy atom. The van der Waals surface area contributed by atoms with Crippen LogP contribution in [0.3, 0.4) is 0 Å². The van der Waals surface area contributed by atoms with Gasteiger partial charge in [0.15, 0.2) is 0 Å². The van der Waals surface area contributed by atoms with Crippen LogP contribution >= 0.6 is 34.7 Å². The zero-order valence-electron chi connectivity index (χ0n) is 14.9. The number of hydrogen-bond donors (Lipinski definition) is 1. The molecule has 2 aromatic heterocycles. The Bertz CT molecular complexity index is 1130. The molecule has 0 aliphatic rings. The van der Waals surface area contributed by atoms with Crippen LogP contribution in [0.5, 0.6) is 0 Å². The minimum atomic E-state index is -0.349. The number of thioether (sulfide) groups is 1. The van der Waals surface area contributed by atoms with Gasteiger partial charge in [-0.1, -0.05) is 65.8 Å². The standard InChI is InChI=1S/C21H16ClN3OS2/c1-13(19(26)25-17-10-6-5-9-16(17)22)28-21-18-15(14-7-3-2-4-8-14)11-27-20(18)23-12-24-21/h2-13H,1H3,(H,25,26). The first-order chi connectivity index (χ1) is 13.6. The minimum Gasteiger partial charge on any atom is -0.324 e. The van der Waals surface area contributed by atoms with E-state index >= 15 is 0 Å². The molecule has 0 aliphatic heterocycles. The van der Waals surface area contributed by atoms with Gasteiger partial charge in [0.2, 0.25) is 5.91 Å². The lowest BCUT2D eigenvalue weighted by molar-refractivity contribution is -0.115. The van der Waals surface area contributed by atoms with Gasteiger partial charge in [0.05, 0.1) is 21.3 Å². The Labute approximate surface area is 176 Å². The SMILES string of the molecule is CC(Sc1ncnc2scc(-c3ccccc3)c12)C(=O)Nc1ccccc1Cl. The Morgan fingerprint density at radius 1 is 1.11 bits per heavy atom. The number of thiophene rings is 1. The van der Waals surface area contributed by atoms with Gasteiger partial charge in [-0.25, -0.2) is 9.97 Å². The highest BCUT2D eigenvalue weighted by Crippen LogP contribution is 2.39. The highest BCUT2D eigenvalue weighted by atomic mass is 35.5. The number of nitrogens with one attached hydrogen (secondary N) is 1. The quantitative estimate of drug-likeness (QED) is 0.308. The van der Waals surface area contributed by atoms with E-state index in [1.807, 2.05) is 37.3 Å². The Kier molecular flexibility index (Phi) is 5.62. The molecule has 7 heteroatoms. The second kappa shape index (κ2) is 8.31. The van der Waals surface area contributed by atoms with Crippen LogP contribution in [0.15, 0.2) is 71.3 Å². The molecular weight excluding hydrogens is 410 g/mol. The van der Waals surface area contributed by atoms with Crippen molar-refractivity contribution in [1.29, 1.82) is 0 Å². The number of amides is 1. The molecule has 2 aromatic carbocycles. The smallest absolute Gasteiger partial charge is 0.237 e. The molecule has 4 aromatic rings. The van der Waals surface area contributed by atoms with Crippen molar-refractivity contribution in [2.75, 3.05) is 5.32 Å². The molecule has 1 N–H and O–H groups in total. The average molecular weight is 426 g/mol. The number of hydrogen-bond acceptors (Lipinski definition) is 5. The fourth-order valence-electron chi connectivity index (χ4n) is 2.79. The van der Waals surface area contributed by atoms with E-state index in [4.69, 9.17) is 11.6 Å². The second-order valence-electron chi connectivity index (χ2n) is 6.10. The van der Waals surface area contributed by atoms with Gasteiger partial charge >= 0.3 is 0 Å². The molecule has 0 fully saturated rings. The van der Waals surface area contributed by atoms with Crippen LogP contribution < -0.4 is 5.32 Å². The van der Waals surface area contributed by atoms with Crippen molar-refractivity contribution in [1.82, 2.24) is 9.97 Å². The predicted octanol–water partition coefficient (Wildman–Crippen LogP) is 6.13. The van der Waals surface area contributed by atoms with Gasteiger partial charge in [0.25, 0.3) is 0 Å². The third kappa shape index (κ3) is 3.90. The number of anilines is 1. The van der Waals surface area contributed by atoms with Crippen LogP contribution in [0.25, 0.3) is 21.3 Å². The number of rotatable bonds is 5. The summed E-state index contributed by atoms with van der Waals surface area (Å²) in [5.41, 5.74) is 2.80. The highest BCUT2D eigenvalue weighted by Gasteiger charge is 2.20. The maximum atomic E-state index is 12.7. The van der Waals surface area contributed by atoms with Crippen molar-refractivity contribution >= 4 is 56.5 Å². The number of aromatic nitrogens is 2. The molecule has 4 nitrogen and oxygen atoms in total. The van der Waals surface area contributed by atoms with Gasteiger partial charge in [-0.3, -0.25) is 4.79 Å². The van der Waals surface area contributed by atoms with Gasteiger partial charge in [-0.15, -0.1) is 11.3 Å². The van der Waals surface area contributed by atoms with Crippen molar-refractivity contribution in [2.24, 2.45) is 0 Å². The highest BCUT2D eigenvalue weighted by molar-refractivity contribution is 8.00. The van der Waals surface area contributed by atoms with Crippen molar-refractivity contribution in [3.8, 4) is 11.1 Å². The summed E-state index contributed by atoms with van der Waals surface area (Å²) >= 11 is 9.15. The third-order valence-electron chi connectivity index (χ3n) is 4.21. The van der Waals surface area contributed by atoms with Gasteiger partial charge in [-0.2, -0.15) is 0 Å². The molecule has 2 heterocycles. The van der Waals surface area contributed by atoms with Crippen LogP contribution in [0.4, 0.5) is 5.69 Å². The van der Waals surface area contributed by atoms with Crippen molar-refractivity contribution in [3.63, 3.8) is 0 Å². The van der Waals surface area contributed by atoms with Crippen LogP contribution in [0.2, 0.25) is 5.02 Å². The van der Waals surface area contributed by atoms with E-state index in [0.717, 1.165) is 26.4 Å². The Hall–Kier alpha value is -2.41. The lowest BCUT2D eigenvalue weighted by atomic mass is 10.1. The summed E-state index contributed by atoms with van der Waals surface area (Å²) in [4.78, 5) is 22.4. The number of benzene rings is 2. The molecule has 0 radical (unpaired) electrons. The van der Waals surface area contributed by atoms with Gasteiger partial charge in [-0.05, 0) is 24.6 Å². The number of carbonyl (C=O) groups is 1. The maximum absolute atomic E-state index is 12.7. The van der Waals surface area contributed by atoms with Crippen molar-refractivity contribution in [3.05, 3.63) is 71.3 Å². The van der Waals surface area contributed by atoms with Crippen LogP contribution in [0, 0.1) is 0 Å². The van der Waals surface area contributed by atoms with Crippen molar-refractivity contribution < 1.29 is 4.79 Å². The molecule has 0 bridgehead atoms. The first kappa shape index (κ1) is 18.9. The molecule has 0 saturated heterocycles. The van der Waals surface area contributed by atoms with E-state index in [2.05, 4.69) is 32.8 Å². The summed E-state index contributed by atoms with van der Waals surface area (Å²) in [6, 6.07) is 17.3.